The molecule has 0 fully saturated rings. The summed E-state index contributed by atoms with van der Waals surface area (Å²) in [6.45, 7) is 1.57. The van der Waals surface area contributed by atoms with Gasteiger partial charge in [0, 0.05) is 24.7 Å². The maximum absolute atomic E-state index is 13.3. The third kappa shape index (κ3) is 3.85. The lowest BCUT2D eigenvalue weighted by Gasteiger charge is -2.11. The number of nitrogens with zero attached hydrogens (tertiary/aromatic N) is 1. The van der Waals surface area contributed by atoms with Gasteiger partial charge in [-0.05, 0) is 20.2 Å². The van der Waals surface area contributed by atoms with E-state index in [1.54, 1.807) is 12.1 Å². The summed E-state index contributed by atoms with van der Waals surface area (Å²) in [7, 11) is 3.92. The maximum Gasteiger partial charge on any atom is 0.131 e. The van der Waals surface area contributed by atoms with Crippen LogP contribution in [0.15, 0.2) is 18.2 Å². The van der Waals surface area contributed by atoms with E-state index in [0.717, 1.165) is 6.54 Å². The highest BCUT2D eigenvalue weighted by molar-refractivity contribution is 5.28. The van der Waals surface area contributed by atoms with E-state index in [9.17, 15) is 4.39 Å². The van der Waals surface area contributed by atoms with Crippen LogP contribution in [0.4, 0.5) is 4.39 Å². The van der Waals surface area contributed by atoms with Gasteiger partial charge in [0.1, 0.15) is 18.2 Å². The third-order valence-corrected chi connectivity index (χ3v) is 2.05. The molecule has 0 radical (unpaired) electrons. The van der Waals surface area contributed by atoms with E-state index in [0.29, 0.717) is 17.9 Å². The minimum atomic E-state index is -0.306. The molecule has 1 rings (SSSR count). The molecule has 1 aromatic carbocycles. The summed E-state index contributed by atoms with van der Waals surface area (Å²) in [6.07, 6.45) is 0. The fourth-order valence-electron chi connectivity index (χ4n) is 1.13. The average Bonchev–Trinajstić information content (AvgIpc) is 2.17. The number of ether oxygens (including phenoxy) is 1. The number of likely N-dealkylation sites (N-methyl/N-ethyl adjacent to an activating group) is 1. The zero-order valence-corrected chi connectivity index (χ0v) is 9.16. The standard InChI is InChI=1S/C11H17FN2O/c1-14(2)5-6-15-10-4-3-9(8-13)11(12)7-10/h3-4,7H,5-6,8,13H2,1-2H3. The second-order valence-corrected chi connectivity index (χ2v) is 3.61. The van der Waals surface area contributed by atoms with Crippen LogP contribution in [-0.4, -0.2) is 32.1 Å². The van der Waals surface area contributed by atoms with Gasteiger partial charge in [0.05, 0.1) is 0 Å². The molecule has 0 aliphatic carbocycles. The number of rotatable bonds is 5. The second-order valence-electron chi connectivity index (χ2n) is 3.61. The zero-order chi connectivity index (χ0) is 11.3. The lowest BCUT2D eigenvalue weighted by molar-refractivity contribution is 0.260. The molecule has 15 heavy (non-hydrogen) atoms. The van der Waals surface area contributed by atoms with Crippen molar-refractivity contribution >= 4 is 0 Å². The van der Waals surface area contributed by atoms with E-state index in [2.05, 4.69) is 0 Å². The molecule has 0 bridgehead atoms. The lowest BCUT2D eigenvalue weighted by atomic mass is 10.2. The number of hydrogen-bond acceptors (Lipinski definition) is 3. The zero-order valence-electron chi connectivity index (χ0n) is 9.16. The molecule has 0 aliphatic rings. The van der Waals surface area contributed by atoms with Crippen LogP contribution < -0.4 is 10.5 Å². The lowest BCUT2D eigenvalue weighted by Crippen LogP contribution is -2.19. The predicted molar refractivity (Wildman–Crippen MR) is 58.3 cm³/mol. The minimum Gasteiger partial charge on any atom is -0.492 e. The summed E-state index contributed by atoms with van der Waals surface area (Å²) in [4.78, 5) is 2.00. The van der Waals surface area contributed by atoms with E-state index < -0.39 is 0 Å². The van der Waals surface area contributed by atoms with E-state index >= 15 is 0 Å². The summed E-state index contributed by atoms with van der Waals surface area (Å²) in [5.41, 5.74) is 5.86. The Hall–Kier alpha value is -1.13. The first-order valence-corrected chi connectivity index (χ1v) is 4.89. The smallest absolute Gasteiger partial charge is 0.131 e. The average molecular weight is 212 g/mol. The van der Waals surface area contributed by atoms with Crippen molar-refractivity contribution in [3.8, 4) is 5.75 Å². The molecular weight excluding hydrogens is 195 g/mol. The monoisotopic (exact) mass is 212 g/mol. The van der Waals surface area contributed by atoms with E-state index in [1.165, 1.54) is 6.07 Å². The number of benzene rings is 1. The fraction of sp³-hybridized carbons (Fsp3) is 0.455. The topological polar surface area (TPSA) is 38.5 Å². The number of halogens is 1. The molecule has 0 aliphatic heterocycles. The van der Waals surface area contributed by atoms with Gasteiger partial charge in [0.25, 0.3) is 0 Å². The van der Waals surface area contributed by atoms with Crippen LogP contribution in [0.1, 0.15) is 5.56 Å². The largest absolute Gasteiger partial charge is 0.492 e. The van der Waals surface area contributed by atoms with Crippen molar-refractivity contribution in [1.82, 2.24) is 4.90 Å². The summed E-state index contributed by atoms with van der Waals surface area (Å²) in [5, 5.41) is 0. The highest BCUT2D eigenvalue weighted by Gasteiger charge is 2.02. The SMILES string of the molecule is CN(C)CCOc1ccc(CN)c(F)c1. The first kappa shape index (κ1) is 11.9. The van der Waals surface area contributed by atoms with Crippen molar-refractivity contribution in [2.75, 3.05) is 27.2 Å². The summed E-state index contributed by atoms with van der Waals surface area (Å²) < 4.78 is 18.6. The Balaban J connectivity index is 2.52. The van der Waals surface area contributed by atoms with Gasteiger partial charge in [0.15, 0.2) is 0 Å². The van der Waals surface area contributed by atoms with Gasteiger partial charge in [-0.25, -0.2) is 4.39 Å². The molecule has 3 nitrogen and oxygen atoms in total. The van der Waals surface area contributed by atoms with Crippen LogP contribution >= 0.6 is 0 Å². The predicted octanol–water partition coefficient (Wildman–Crippen LogP) is 1.22. The Bertz CT molecular complexity index is 315. The molecule has 0 heterocycles. The van der Waals surface area contributed by atoms with Crippen LogP contribution in [0.25, 0.3) is 0 Å². The van der Waals surface area contributed by atoms with Crippen LogP contribution in [0.5, 0.6) is 5.75 Å². The molecule has 0 spiro atoms. The Morgan fingerprint density at radius 2 is 2.13 bits per heavy atom. The molecule has 0 saturated heterocycles. The highest BCUT2D eigenvalue weighted by Crippen LogP contribution is 2.16. The third-order valence-electron chi connectivity index (χ3n) is 2.05. The van der Waals surface area contributed by atoms with Crippen molar-refractivity contribution in [3.05, 3.63) is 29.6 Å². The summed E-state index contributed by atoms with van der Waals surface area (Å²) >= 11 is 0. The quantitative estimate of drug-likeness (QED) is 0.797. The van der Waals surface area contributed by atoms with Gasteiger partial charge in [-0.1, -0.05) is 6.07 Å². The van der Waals surface area contributed by atoms with E-state index in [4.69, 9.17) is 10.5 Å². The van der Waals surface area contributed by atoms with Gasteiger partial charge in [-0.2, -0.15) is 0 Å². The Kier molecular flexibility index (Phi) is 4.52. The number of hydrogen-bond donors (Lipinski definition) is 1. The molecule has 0 atom stereocenters. The number of nitrogens with two attached hydrogens (primary N) is 1. The van der Waals surface area contributed by atoms with E-state index in [-0.39, 0.29) is 12.4 Å². The van der Waals surface area contributed by atoms with Crippen LogP contribution in [-0.2, 0) is 6.54 Å². The molecule has 0 amide bonds. The van der Waals surface area contributed by atoms with Gasteiger partial charge in [-0.3, -0.25) is 0 Å². The highest BCUT2D eigenvalue weighted by atomic mass is 19.1. The van der Waals surface area contributed by atoms with Crippen molar-refractivity contribution in [2.24, 2.45) is 5.73 Å². The van der Waals surface area contributed by atoms with Gasteiger partial charge in [0.2, 0.25) is 0 Å². The molecule has 0 aromatic heterocycles. The second kappa shape index (κ2) is 5.68. The Labute approximate surface area is 89.6 Å². The Morgan fingerprint density at radius 3 is 2.67 bits per heavy atom. The van der Waals surface area contributed by atoms with Gasteiger partial charge in [-0.15, -0.1) is 0 Å². The van der Waals surface area contributed by atoms with Crippen LogP contribution in [0.3, 0.4) is 0 Å². The van der Waals surface area contributed by atoms with Crippen molar-refractivity contribution in [1.29, 1.82) is 0 Å². The fourth-order valence-corrected chi connectivity index (χ4v) is 1.13. The van der Waals surface area contributed by atoms with Crippen LogP contribution in [0, 0.1) is 5.82 Å². The van der Waals surface area contributed by atoms with Crippen molar-refractivity contribution in [2.45, 2.75) is 6.54 Å². The minimum absolute atomic E-state index is 0.212. The molecule has 84 valence electrons. The Morgan fingerprint density at radius 1 is 1.40 bits per heavy atom. The molecular formula is C11H17FN2O. The van der Waals surface area contributed by atoms with Crippen LogP contribution in [0.2, 0.25) is 0 Å². The molecule has 0 unspecified atom stereocenters. The molecule has 2 N–H and O–H groups in total. The van der Waals surface area contributed by atoms with Crippen molar-refractivity contribution in [3.63, 3.8) is 0 Å². The summed E-state index contributed by atoms with van der Waals surface area (Å²) in [5.74, 6) is 0.242. The van der Waals surface area contributed by atoms with Gasteiger partial charge >= 0.3 is 0 Å². The van der Waals surface area contributed by atoms with Gasteiger partial charge < -0.3 is 15.4 Å². The molecule has 4 heteroatoms. The first-order chi connectivity index (χ1) is 7.13. The van der Waals surface area contributed by atoms with E-state index in [1.807, 2.05) is 19.0 Å². The van der Waals surface area contributed by atoms with Crippen molar-refractivity contribution < 1.29 is 9.13 Å². The normalized spacial score (nSPS) is 10.7. The first-order valence-electron chi connectivity index (χ1n) is 4.89. The maximum atomic E-state index is 13.3. The molecule has 1 aromatic rings. The summed E-state index contributed by atoms with van der Waals surface area (Å²) in [6, 6.07) is 4.76. The molecule has 0 saturated carbocycles.